The van der Waals surface area contributed by atoms with Crippen LogP contribution in [0, 0.1) is 5.92 Å². The van der Waals surface area contributed by atoms with Crippen molar-refractivity contribution in [1.82, 2.24) is 4.90 Å². The molecule has 1 heterocycles. The SMILES string of the molecule is CCOc1ccc([C@H]2CCCN2C(=O)c2ccc(NC(=O)C3CC3)cc2)cc1. The van der Waals surface area contributed by atoms with Crippen LogP contribution in [-0.2, 0) is 4.79 Å². The highest BCUT2D eigenvalue weighted by atomic mass is 16.5. The van der Waals surface area contributed by atoms with Gasteiger partial charge in [-0.3, -0.25) is 9.59 Å². The van der Waals surface area contributed by atoms with Crippen LogP contribution in [0.15, 0.2) is 48.5 Å². The van der Waals surface area contributed by atoms with E-state index in [0.29, 0.717) is 12.2 Å². The molecule has 4 rings (SSSR count). The van der Waals surface area contributed by atoms with E-state index >= 15 is 0 Å². The lowest BCUT2D eigenvalue weighted by molar-refractivity contribution is -0.117. The van der Waals surface area contributed by atoms with Crippen molar-refractivity contribution in [2.75, 3.05) is 18.5 Å². The van der Waals surface area contributed by atoms with E-state index in [1.54, 1.807) is 12.1 Å². The van der Waals surface area contributed by atoms with Crippen molar-refractivity contribution in [3.63, 3.8) is 0 Å². The predicted molar refractivity (Wildman–Crippen MR) is 108 cm³/mol. The Morgan fingerprint density at radius 3 is 2.39 bits per heavy atom. The normalized spacial score (nSPS) is 18.8. The van der Waals surface area contributed by atoms with Crippen molar-refractivity contribution in [2.45, 2.75) is 38.6 Å². The first-order chi connectivity index (χ1) is 13.7. The van der Waals surface area contributed by atoms with Crippen molar-refractivity contribution >= 4 is 17.5 Å². The molecular formula is C23H26N2O3. The highest BCUT2D eigenvalue weighted by Crippen LogP contribution is 2.34. The van der Waals surface area contributed by atoms with Crippen LogP contribution in [0.3, 0.4) is 0 Å². The number of nitrogens with one attached hydrogen (secondary N) is 1. The van der Waals surface area contributed by atoms with Gasteiger partial charge in [-0.15, -0.1) is 0 Å². The number of ether oxygens (including phenoxy) is 1. The van der Waals surface area contributed by atoms with Crippen molar-refractivity contribution in [1.29, 1.82) is 0 Å². The molecule has 1 aliphatic carbocycles. The molecule has 0 bridgehead atoms. The highest BCUT2D eigenvalue weighted by molar-refractivity contribution is 5.97. The lowest BCUT2D eigenvalue weighted by atomic mass is 10.0. The second kappa shape index (κ2) is 8.05. The van der Waals surface area contributed by atoms with Gasteiger partial charge in [0.15, 0.2) is 0 Å². The Morgan fingerprint density at radius 2 is 1.75 bits per heavy atom. The first-order valence-electron chi connectivity index (χ1n) is 10.1. The Labute approximate surface area is 165 Å². The van der Waals surface area contributed by atoms with Crippen LogP contribution in [-0.4, -0.2) is 29.9 Å². The number of likely N-dealkylation sites (tertiary alicyclic amines) is 1. The molecule has 2 aromatic rings. The molecule has 2 aromatic carbocycles. The summed E-state index contributed by atoms with van der Waals surface area (Å²) in [4.78, 5) is 26.9. The predicted octanol–water partition coefficient (Wildman–Crippen LogP) is 4.41. The lowest BCUT2D eigenvalue weighted by Crippen LogP contribution is -2.30. The zero-order chi connectivity index (χ0) is 19.5. The minimum atomic E-state index is 0.0384. The summed E-state index contributed by atoms with van der Waals surface area (Å²) in [5.41, 5.74) is 2.54. The zero-order valence-electron chi connectivity index (χ0n) is 16.2. The van der Waals surface area contributed by atoms with Crippen molar-refractivity contribution in [3.05, 3.63) is 59.7 Å². The quantitative estimate of drug-likeness (QED) is 0.810. The van der Waals surface area contributed by atoms with Gasteiger partial charge in [0, 0.05) is 23.7 Å². The smallest absolute Gasteiger partial charge is 0.254 e. The third-order valence-corrected chi connectivity index (χ3v) is 5.44. The molecule has 0 spiro atoms. The van der Waals surface area contributed by atoms with E-state index in [9.17, 15) is 9.59 Å². The number of carbonyl (C=O) groups excluding carboxylic acids is 2. The molecular weight excluding hydrogens is 352 g/mol. The highest BCUT2D eigenvalue weighted by Gasteiger charge is 2.31. The maximum atomic E-state index is 13.1. The molecule has 0 unspecified atom stereocenters. The third kappa shape index (κ3) is 4.03. The van der Waals surface area contributed by atoms with Gasteiger partial charge in [0.25, 0.3) is 5.91 Å². The van der Waals surface area contributed by atoms with Crippen LogP contribution in [0.5, 0.6) is 5.75 Å². The van der Waals surface area contributed by atoms with E-state index in [2.05, 4.69) is 17.4 Å². The molecule has 1 N–H and O–H groups in total. The topological polar surface area (TPSA) is 58.6 Å². The number of hydrogen-bond donors (Lipinski definition) is 1. The Hall–Kier alpha value is -2.82. The van der Waals surface area contributed by atoms with Gasteiger partial charge in [0.1, 0.15) is 5.75 Å². The van der Waals surface area contributed by atoms with E-state index in [4.69, 9.17) is 4.74 Å². The van der Waals surface area contributed by atoms with Crippen LogP contribution in [0.2, 0.25) is 0 Å². The van der Waals surface area contributed by atoms with Gasteiger partial charge in [-0.05, 0) is 74.6 Å². The van der Waals surface area contributed by atoms with Crippen LogP contribution in [0.1, 0.15) is 54.6 Å². The Bertz CT molecular complexity index is 841. The summed E-state index contributed by atoms with van der Waals surface area (Å²) in [5.74, 6) is 1.14. The van der Waals surface area contributed by atoms with Crippen LogP contribution in [0.4, 0.5) is 5.69 Å². The van der Waals surface area contributed by atoms with Crippen LogP contribution < -0.4 is 10.1 Å². The van der Waals surface area contributed by atoms with Crippen molar-refractivity contribution in [3.8, 4) is 5.75 Å². The van der Waals surface area contributed by atoms with E-state index in [1.807, 2.05) is 36.1 Å². The molecule has 5 heteroatoms. The second-order valence-electron chi connectivity index (χ2n) is 7.50. The number of hydrogen-bond acceptors (Lipinski definition) is 3. The first kappa shape index (κ1) is 18.5. The van der Waals surface area contributed by atoms with Crippen LogP contribution >= 0.6 is 0 Å². The van der Waals surface area contributed by atoms with Gasteiger partial charge in [0.05, 0.1) is 12.6 Å². The molecule has 146 valence electrons. The van der Waals surface area contributed by atoms with Gasteiger partial charge in [-0.1, -0.05) is 12.1 Å². The number of anilines is 1. The standard InChI is InChI=1S/C23H26N2O3/c1-2-28-20-13-9-16(10-14-20)21-4-3-15-25(21)23(27)18-7-11-19(12-8-18)24-22(26)17-5-6-17/h7-14,17,21H,2-6,15H2,1H3,(H,24,26)/t21-/m1/s1. The number of carbonyl (C=O) groups is 2. The Kier molecular flexibility index (Phi) is 5.33. The molecule has 1 saturated carbocycles. The summed E-state index contributed by atoms with van der Waals surface area (Å²) in [6.45, 7) is 3.37. The summed E-state index contributed by atoms with van der Waals surface area (Å²) in [6, 6.07) is 15.4. The Balaban J connectivity index is 1.44. The van der Waals surface area contributed by atoms with E-state index in [0.717, 1.165) is 49.2 Å². The molecule has 2 aliphatic rings. The van der Waals surface area contributed by atoms with Gasteiger partial charge in [-0.25, -0.2) is 0 Å². The molecule has 28 heavy (non-hydrogen) atoms. The first-order valence-corrected chi connectivity index (χ1v) is 10.1. The van der Waals surface area contributed by atoms with Crippen molar-refractivity contribution in [2.24, 2.45) is 5.92 Å². The second-order valence-corrected chi connectivity index (χ2v) is 7.50. The number of nitrogens with zero attached hydrogens (tertiary/aromatic N) is 1. The maximum absolute atomic E-state index is 13.1. The minimum Gasteiger partial charge on any atom is -0.494 e. The fraction of sp³-hybridized carbons (Fsp3) is 0.391. The molecule has 1 aliphatic heterocycles. The summed E-state index contributed by atoms with van der Waals surface area (Å²) in [7, 11) is 0. The lowest BCUT2D eigenvalue weighted by Gasteiger charge is -2.25. The minimum absolute atomic E-state index is 0.0384. The fourth-order valence-electron chi connectivity index (χ4n) is 3.76. The van der Waals surface area contributed by atoms with E-state index in [1.165, 1.54) is 0 Å². The molecule has 2 fully saturated rings. The number of rotatable bonds is 6. The van der Waals surface area contributed by atoms with E-state index < -0.39 is 0 Å². The molecule has 0 aromatic heterocycles. The molecule has 5 nitrogen and oxygen atoms in total. The van der Waals surface area contributed by atoms with E-state index in [-0.39, 0.29) is 23.8 Å². The average molecular weight is 378 g/mol. The summed E-state index contributed by atoms with van der Waals surface area (Å²) in [6.07, 6.45) is 3.92. The molecule has 1 atom stereocenters. The summed E-state index contributed by atoms with van der Waals surface area (Å²) in [5, 5.41) is 2.91. The summed E-state index contributed by atoms with van der Waals surface area (Å²) >= 11 is 0. The Morgan fingerprint density at radius 1 is 1.04 bits per heavy atom. The van der Waals surface area contributed by atoms with Gasteiger partial charge >= 0.3 is 0 Å². The van der Waals surface area contributed by atoms with Gasteiger partial charge in [0.2, 0.25) is 5.91 Å². The largest absolute Gasteiger partial charge is 0.494 e. The summed E-state index contributed by atoms with van der Waals surface area (Å²) < 4.78 is 5.51. The van der Waals surface area contributed by atoms with Gasteiger partial charge in [-0.2, -0.15) is 0 Å². The molecule has 2 amide bonds. The van der Waals surface area contributed by atoms with Crippen molar-refractivity contribution < 1.29 is 14.3 Å². The fourth-order valence-corrected chi connectivity index (χ4v) is 3.76. The zero-order valence-corrected chi connectivity index (χ0v) is 16.2. The van der Waals surface area contributed by atoms with Gasteiger partial charge < -0.3 is 15.0 Å². The molecule has 0 radical (unpaired) electrons. The monoisotopic (exact) mass is 378 g/mol. The molecule has 1 saturated heterocycles. The third-order valence-electron chi connectivity index (χ3n) is 5.44. The maximum Gasteiger partial charge on any atom is 0.254 e. The number of benzene rings is 2. The average Bonchev–Trinajstić information content (AvgIpc) is 3.46. The van der Waals surface area contributed by atoms with Crippen LogP contribution in [0.25, 0.3) is 0 Å². The number of amides is 2.